The molecule has 11 aromatic rings. The van der Waals surface area contributed by atoms with Crippen molar-refractivity contribution < 1.29 is 0 Å². The topological polar surface area (TPSA) is 101 Å². The standard InChI is InChI=1S/2C13H18N2.C13H17N.3C12H16N2/c1-9-11-8-10(13(2,3)4)6-7-12(11)15(5)14-9;1-9-11-7-6-10(13(2,3)4)8-12(11)15(5)14-9;1-9-12-7-11(13(2,3)4)6-5-10(12)8-14-9;1-12(2,3)10-6-5-9-8-14(4)13-11(9)7-10;1-12(2,3)10-6-5-9-8-13-14(4)11(9)7-10;1-12(2,3)9-5-6-11-10(7-9)13-8-14(11)4/h2*6-8H,1-5H3;5-7H,8H2,1-4H3;3*5-8H,1-4H3. The number of hydrogen-bond donors (Lipinski definition) is 0. The molecule has 0 spiro atoms. The number of benzene rings is 6. The van der Waals surface area contributed by atoms with E-state index >= 15 is 0 Å². The number of aromatic nitrogens is 10. The first-order valence-corrected chi connectivity index (χ1v) is 30.5. The van der Waals surface area contributed by atoms with Crippen LogP contribution in [0.15, 0.2) is 133 Å². The maximum atomic E-state index is 4.44. The zero-order chi connectivity index (χ0) is 63.8. The van der Waals surface area contributed by atoms with Crippen molar-refractivity contribution >= 4 is 60.4 Å². The van der Waals surface area contributed by atoms with Crippen LogP contribution in [-0.2, 0) is 74.3 Å². The van der Waals surface area contributed by atoms with E-state index in [9.17, 15) is 0 Å². The van der Waals surface area contributed by atoms with Crippen molar-refractivity contribution in [3.63, 3.8) is 0 Å². The highest BCUT2D eigenvalue weighted by Crippen LogP contribution is 2.32. The number of aryl methyl sites for hydroxylation is 7. The van der Waals surface area contributed by atoms with Crippen LogP contribution in [0.25, 0.3) is 54.6 Å². The maximum Gasteiger partial charge on any atom is 0.0955 e. The third kappa shape index (κ3) is 15.9. The fourth-order valence-corrected chi connectivity index (χ4v) is 10.4. The Kier molecular flexibility index (Phi) is 19.1. The lowest BCUT2D eigenvalue weighted by Crippen LogP contribution is -2.12. The first kappa shape index (κ1) is 65.9. The Morgan fingerprint density at radius 1 is 0.384 bits per heavy atom. The smallest absolute Gasteiger partial charge is 0.0955 e. The SMILES string of the molecule is CC1=NCc2ccc(C(C)(C)C)cc21.Cc1nn(C)c2cc(C(C)(C)C)ccc12.Cc1nn(C)c2ccc(C(C)(C)C)cc12.Cn1cc2ccc(C(C)(C)C)cc2n1.Cn1cnc2cc(C(C)(C)C)ccc21.Cn1ncc2ccc(C(C)(C)C)cc21. The zero-order valence-electron chi connectivity index (χ0n) is 57.3. The Labute approximate surface area is 515 Å². The third-order valence-electron chi connectivity index (χ3n) is 16.3. The van der Waals surface area contributed by atoms with Gasteiger partial charge in [0.25, 0.3) is 0 Å². The minimum Gasteiger partial charge on any atom is -0.334 e. The van der Waals surface area contributed by atoms with E-state index in [1.54, 1.807) is 0 Å². The predicted octanol–water partition coefficient (Wildman–Crippen LogP) is 18.3. The van der Waals surface area contributed by atoms with Gasteiger partial charge in [0, 0.05) is 74.3 Å². The van der Waals surface area contributed by atoms with E-state index in [-0.39, 0.29) is 32.5 Å². The summed E-state index contributed by atoms with van der Waals surface area (Å²) in [6.45, 7) is 47.2. The number of hydrogen-bond acceptors (Lipinski definition) is 6. The van der Waals surface area contributed by atoms with Gasteiger partial charge in [-0.05, 0) is 141 Å². The summed E-state index contributed by atoms with van der Waals surface area (Å²) >= 11 is 0. The fourth-order valence-electron chi connectivity index (χ4n) is 10.4. The van der Waals surface area contributed by atoms with Crippen molar-refractivity contribution in [2.75, 3.05) is 0 Å². The molecule has 0 fully saturated rings. The quantitative estimate of drug-likeness (QED) is 0.151. The van der Waals surface area contributed by atoms with Gasteiger partial charge in [-0.1, -0.05) is 185 Å². The Morgan fingerprint density at radius 2 is 0.826 bits per heavy atom. The minimum absolute atomic E-state index is 0.200. The summed E-state index contributed by atoms with van der Waals surface area (Å²) in [5.41, 5.74) is 22.5. The fraction of sp³-hybridized carbons (Fsp3) is 0.440. The van der Waals surface area contributed by atoms with Gasteiger partial charge in [-0.3, -0.25) is 23.7 Å². The van der Waals surface area contributed by atoms with Gasteiger partial charge in [0.05, 0.1) is 63.6 Å². The van der Waals surface area contributed by atoms with Gasteiger partial charge in [-0.15, -0.1) is 0 Å². The van der Waals surface area contributed by atoms with E-state index in [0.717, 1.165) is 29.0 Å². The molecule has 12 rings (SSSR count). The molecule has 0 saturated carbocycles. The molecule has 11 heteroatoms. The van der Waals surface area contributed by atoms with E-state index < -0.39 is 0 Å². The first-order chi connectivity index (χ1) is 39.7. The molecule has 0 saturated heterocycles. The summed E-state index contributed by atoms with van der Waals surface area (Å²) in [7, 11) is 9.95. The summed E-state index contributed by atoms with van der Waals surface area (Å²) in [6.07, 6.45) is 5.81. The predicted molar refractivity (Wildman–Crippen MR) is 368 cm³/mol. The van der Waals surface area contributed by atoms with Crippen LogP contribution in [0.3, 0.4) is 0 Å². The second kappa shape index (κ2) is 25.0. The lowest BCUT2D eigenvalue weighted by atomic mass is 9.85. The van der Waals surface area contributed by atoms with Gasteiger partial charge in [-0.2, -0.15) is 20.4 Å². The van der Waals surface area contributed by atoms with Gasteiger partial charge in [0.1, 0.15) is 0 Å². The van der Waals surface area contributed by atoms with Crippen molar-refractivity contribution in [2.24, 2.45) is 40.2 Å². The molecule has 5 aromatic heterocycles. The van der Waals surface area contributed by atoms with E-state index in [0.29, 0.717) is 0 Å². The number of nitrogens with zero attached hydrogens (tertiary/aromatic N) is 11. The zero-order valence-corrected chi connectivity index (χ0v) is 57.3. The molecular formula is C75H101N11. The highest BCUT2D eigenvalue weighted by molar-refractivity contribution is 6.02. The molecule has 6 heterocycles. The molecule has 0 aliphatic carbocycles. The van der Waals surface area contributed by atoms with Crippen LogP contribution in [0.2, 0.25) is 0 Å². The highest BCUT2D eigenvalue weighted by Gasteiger charge is 2.21. The lowest BCUT2D eigenvalue weighted by molar-refractivity contribution is 0.590. The van der Waals surface area contributed by atoms with Crippen LogP contribution in [0.4, 0.5) is 0 Å². The summed E-state index contributed by atoms with van der Waals surface area (Å²) in [4.78, 5) is 8.80. The van der Waals surface area contributed by atoms with Gasteiger partial charge in [-0.25, -0.2) is 4.98 Å². The van der Waals surface area contributed by atoms with Crippen LogP contribution >= 0.6 is 0 Å². The largest absolute Gasteiger partial charge is 0.334 e. The Hall–Kier alpha value is -7.66. The molecule has 0 unspecified atom stereocenters. The molecule has 86 heavy (non-hydrogen) atoms. The summed E-state index contributed by atoms with van der Waals surface area (Å²) < 4.78 is 9.72. The molecule has 0 atom stereocenters. The Morgan fingerprint density at radius 3 is 1.40 bits per heavy atom. The molecule has 0 amide bonds. The van der Waals surface area contributed by atoms with Crippen LogP contribution < -0.4 is 0 Å². The molecule has 6 aromatic carbocycles. The third-order valence-corrected chi connectivity index (χ3v) is 16.3. The van der Waals surface area contributed by atoms with Crippen molar-refractivity contribution in [3.8, 4) is 0 Å². The number of aliphatic imine (C=N–C) groups is 1. The maximum absolute atomic E-state index is 4.44. The number of imidazole rings is 1. The second-order valence-corrected chi connectivity index (χ2v) is 29.8. The van der Waals surface area contributed by atoms with Gasteiger partial charge >= 0.3 is 0 Å². The van der Waals surface area contributed by atoms with E-state index in [2.05, 4.69) is 285 Å². The number of rotatable bonds is 0. The van der Waals surface area contributed by atoms with Gasteiger partial charge in [0.2, 0.25) is 0 Å². The normalized spacial score (nSPS) is 12.8. The summed E-state index contributed by atoms with van der Waals surface area (Å²) in [6, 6.07) is 39.5. The van der Waals surface area contributed by atoms with Crippen LogP contribution in [0.5, 0.6) is 0 Å². The van der Waals surface area contributed by atoms with Crippen molar-refractivity contribution in [3.05, 3.63) is 184 Å². The first-order valence-electron chi connectivity index (χ1n) is 30.5. The summed E-state index contributed by atoms with van der Waals surface area (Å²) in [5.74, 6) is 0. The van der Waals surface area contributed by atoms with Gasteiger partial charge in [0.15, 0.2) is 0 Å². The molecule has 456 valence electrons. The minimum atomic E-state index is 0.200. The number of fused-ring (bicyclic) bond motifs is 6. The van der Waals surface area contributed by atoms with Crippen LogP contribution in [-0.4, -0.2) is 54.4 Å². The van der Waals surface area contributed by atoms with E-state index in [4.69, 9.17) is 0 Å². The van der Waals surface area contributed by atoms with E-state index in [1.165, 1.54) is 93.8 Å². The lowest BCUT2D eigenvalue weighted by Gasteiger charge is -2.19. The average Bonchev–Trinajstić information content (AvgIpc) is 2.37. The average molecular weight is 1160 g/mol. The molecule has 0 radical (unpaired) electrons. The molecule has 1 aliphatic heterocycles. The monoisotopic (exact) mass is 1160 g/mol. The van der Waals surface area contributed by atoms with Gasteiger partial charge < -0.3 is 4.57 Å². The molecule has 1 aliphatic rings. The molecule has 0 bridgehead atoms. The van der Waals surface area contributed by atoms with Crippen LogP contribution in [0, 0.1) is 13.8 Å². The molecular weight excluding hydrogens is 1050 g/mol. The summed E-state index contributed by atoms with van der Waals surface area (Å²) in [5, 5.41) is 22.4. The van der Waals surface area contributed by atoms with Crippen LogP contribution in [0.1, 0.15) is 187 Å². The van der Waals surface area contributed by atoms with Crippen molar-refractivity contribution in [1.82, 2.24) is 48.7 Å². The van der Waals surface area contributed by atoms with E-state index in [1.807, 2.05) is 77.3 Å². The highest BCUT2D eigenvalue weighted by atomic mass is 15.3. The second-order valence-electron chi connectivity index (χ2n) is 29.8. The Balaban J connectivity index is 0.000000148. The van der Waals surface area contributed by atoms with Crippen molar-refractivity contribution in [1.29, 1.82) is 0 Å². The molecule has 11 nitrogen and oxygen atoms in total. The van der Waals surface area contributed by atoms with Crippen molar-refractivity contribution in [2.45, 2.75) is 184 Å². The molecule has 0 N–H and O–H groups in total. The Bertz CT molecular complexity index is 4050.